The van der Waals surface area contributed by atoms with Crippen LogP contribution in [0.1, 0.15) is 120 Å². The molecule has 7 heterocycles. The van der Waals surface area contributed by atoms with E-state index in [2.05, 4.69) is 36.6 Å². The van der Waals surface area contributed by atoms with Crippen LogP contribution in [0.15, 0.2) is 42.9 Å². The highest BCUT2D eigenvalue weighted by molar-refractivity contribution is 6.29. The number of ether oxygens (including phenoxy) is 1. The normalized spacial score (nSPS) is 22.0. The number of rotatable bonds is 3. The number of halogens is 1. The topological polar surface area (TPSA) is 138 Å². The summed E-state index contributed by atoms with van der Waals surface area (Å²) in [5, 5.41) is 7.26. The second-order valence-corrected chi connectivity index (χ2v) is 18.0. The first-order chi connectivity index (χ1) is 26.6. The van der Waals surface area contributed by atoms with E-state index in [4.69, 9.17) is 21.3 Å². The SMILES string of the molecule is CC(C)Oc1ccc(-c2cc3c(cn2)CCc2c-3[nH]c3c2C(=O)NC2(CC2)C32CC2)cn1.O=C1NC2(CC2)C2(CC2)c2[nH]c3c(c21)CCc1cnc(Cl)cc1-3. The van der Waals surface area contributed by atoms with E-state index in [1.54, 1.807) is 0 Å². The van der Waals surface area contributed by atoms with E-state index in [-0.39, 0.29) is 39.8 Å². The van der Waals surface area contributed by atoms with E-state index in [9.17, 15) is 9.59 Å². The third-order valence-electron chi connectivity index (χ3n) is 14.3. The minimum atomic E-state index is 0.0161. The van der Waals surface area contributed by atoms with Gasteiger partial charge in [0.25, 0.3) is 11.8 Å². The molecule has 0 unspecified atom stereocenters. The number of nitrogens with one attached hydrogen (secondary N) is 4. The second-order valence-electron chi connectivity index (χ2n) is 17.6. The highest BCUT2D eigenvalue weighted by Crippen LogP contribution is 2.68. The molecule has 5 aromatic rings. The van der Waals surface area contributed by atoms with Crippen molar-refractivity contribution in [2.75, 3.05) is 0 Å². The van der Waals surface area contributed by atoms with Crippen molar-refractivity contribution in [1.29, 1.82) is 0 Å². The average molecular weight is 752 g/mol. The van der Waals surface area contributed by atoms with E-state index in [0.717, 1.165) is 90.7 Å². The van der Waals surface area contributed by atoms with Gasteiger partial charge in [-0.1, -0.05) is 11.6 Å². The molecule has 8 aliphatic rings. The zero-order valence-corrected chi connectivity index (χ0v) is 31.8. The smallest absolute Gasteiger partial charge is 0.253 e. The molecule has 0 saturated heterocycles. The van der Waals surface area contributed by atoms with Crippen LogP contribution in [-0.4, -0.2) is 53.9 Å². The van der Waals surface area contributed by atoms with Gasteiger partial charge in [-0.3, -0.25) is 14.6 Å². The summed E-state index contributed by atoms with van der Waals surface area (Å²) in [6, 6.07) is 7.98. The molecular formula is C44H42ClN7O3. The fourth-order valence-electron chi connectivity index (χ4n) is 11.0. The first-order valence-electron chi connectivity index (χ1n) is 20.1. The van der Waals surface area contributed by atoms with Gasteiger partial charge in [0.2, 0.25) is 5.88 Å². The van der Waals surface area contributed by atoms with E-state index in [1.807, 2.05) is 50.6 Å². The molecule has 55 heavy (non-hydrogen) atoms. The van der Waals surface area contributed by atoms with Crippen LogP contribution in [0.3, 0.4) is 0 Å². The summed E-state index contributed by atoms with van der Waals surface area (Å²) in [5.41, 5.74) is 15.8. The Hall–Kier alpha value is -4.96. The van der Waals surface area contributed by atoms with E-state index in [1.165, 1.54) is 64.9 Å². The summed E-state index contributed by atoms with van der Waals surface area (Å²) in [7, 11) is 0. The Morgan fingerprint density at radius 3 is 1.71 bits per heavy atom. The van der Waals surface area contributed by atoms with Crippen LogP contribution < -0.4 is 15.4 Å². The van der Waals surface area contributed by atoms with Gasteiger partial charge in [0.1, 0.15) is 5.15 Å². The number of amides is 2. The number of aromatic amines is 2. The van der Waals surface area contributed by atoms with Crippen LogP contribution in [-0.2, 0) is 36.5 Å². The van der Waals surface area contributed by atoms with Crippen molar-refractivity contribution in [2.45, 2.75) is 119 Å². The van der Waals surface area contributed by atoms with Crippen LogP contribution in [0.25, 0.3) is 33.8 Å². The van der Waals surface area contributed by atoms with Gasteiger partial charge in [0.05, 0.1) is 45.4 Å². The minimum absolute atomic E-state index is 0.0161. The molecular weight excluding hydrogens is 710 g/mol. The zero-order valence-electron chi connectivity index (χ0n) is 31.0. The Labute approximate surface area is 323 Å². The lowest BCUT2D eigenvalue weighted by Gasteiger charge is -2.33. The summed E-state index contributed by atoms with van der Waals surface area (Å²) in [4.78, 5) is 46.8. The maximum Gasteiger partial charge on any atom is 0.253 e. The largest absolute Gasteiger partial charge is 0.475 e. The minimum Gasteiger partial charge on any atom is -0.475 e. The van der Waals surface area contributed by atoms with Crippen LogP contribution in [0, 0.1) is 0 Å². The Morgan fingerprint density at radius 2 is 1.22 bits per heavy atom. The number of aromatic nitrogens is 5. The van der Waals surface area contributed by atoms with Gasteiger partial charge in [-0.05, 0) is 131 Å². The predicted octanol–water partition coefficient (Wildman–Crippen LogP) is 7.47. The Kier molecular flexibility index (Phi) is 6.26. The summed E-state index contributed by atoms with van der Waals surface area (Å²) in [5.74, 6) is 0.863. The Morgan fingerprint density at radius 1 is 0.673 bits per heavy atom. The van der Waals surface area contributed by atoms with E-state index < -0.39 is 0 Å². The van der Waals surface area contributed by atoms with E-state index in [0.29, 0.717) is 11.0 Å². The quantitative estimate of drug-likeness (QED) is 0.141. The Bertz CT molecular complexity index is 2530. The number of fused-ring (bicyclic) bond motifs is 14. The lowest BCUT2D eigenvalue weighted by Crippen LogP contribution is -2.51. The standard InChI is InChI=1S/C26H26N4O2.C18H16ClN3O/c1-14(2)32-20-6-4-16(13-28-20)19-11-18-15(12-27-19)3-5-17-21-23(29-22(17)18)25(7-8-25)26(9-10-26)30-24(21)31;19-12-7-11-9(8-20-12)1-2-10-13-15(21-14(10)11)17(3-4-17)18(5-6-18)22-16(13)23/h4,6,11-14,29H,3,5,7-10H2,1-2H3,(H,30,31);7-8,21H,1-6H2,(H,22,23). The fraction of sp³-hybridized carbons (Fsp3) is 0.432. The zero-order chi connectivity index (χ0) is 37.1. The molecule has 0 radical (unpaired) electrons. The van der Waals surface area contributed by atoms with Gasteiger partial charge in [0.15, 0.2) is 0 Å². The van der Waals surface area contributed by atoms with Crippen LogP contribution >= 0.6 is 11.6 Å². The van der Waals surface area contributed by atoms with Gasteiger partial charge in [-0.25, -0.2) is 9.97 Å². The number of H-pyrrole nitrogens is 2. The first-order valence-corrected chi connectivity index (χ1v) is 20.4. The molecule has 13 rings (SSSR count). The fourth-order valence-corrected chi connectivity index (χ4v) is 11.2. The molecule has 11 heteroatoms. The summed E-state index contributed by atoms with van der Waals surface area (Å²) in [6.45, 7) is 3.98. The second kappa shape index (κ2) is 10.7. The number of hydrogen-bond acceptors (Lipinski definition) is 6. The molecule has 278 valence electrons. The van der Waals surface area contributed by atoms with Gasteiger partial charge >= 0.3 is 0 Å². The lowest BCUT2D eigenvalue weighted by molar-refractivity contribution is 0.0890. The molecule has 0 aromatic carbocycles. The summed E-state index contributed by atoms with van der Waals surface area (Å²) in [6.07, 6.45) is 18.5. The number of carbonyl (C=O) groups is 2. The molecule has 0 bridgehead atoms. The summed E-state index contributed by atoms with van der Waals surface area (Å²) >= 11 is 6.12. The van der Waals surface area contributed by atoms with Gasteiger partial charge in [-0.15, -0.1) is 0 Å². The number of nitrogens with zero attached hydrogens (tertiary/aromatic N) is 3. The van der Waals surface area contributed by atoms with Gasteiger partial charge < -0.3 is 25.3 Å². The van der Waals surface area contributed by atoms with Crippen molar-refractivity contribution in [3.63, 3.8) is 0 Å². The first kappa shape index (κ1) is 32.3. The van der Waals surface area contributed by atoms with Crippen molar-refractivity contribution in [2.24, 2.45) is 0 Å². The highest BCUT2D eigenvalue weighted by Gasteiger charge is 2.72. The number of pyridine rings is 3. The maximum atomic E-state index is 13.1. The van der Waals surface area contributed by atoms with Crippen molar-refractivity contribution in [1.82, 2.24) is 35.6 Å². The third-order valence-corrected chi connectivity index (χ3v) is 14.5. The predicted molar refractivity (Wildman–Crippen MR) is 208 cm³/mol. The van der Waals surface area contributed by atoms with Gasteiger partial charge in [-0.2, -0.15) is 0 Å². The number of hydrogen-bond donors (Lipinski definition) is 4. The van der Waals surface area contributed by atoms with Crippen molar-refractivity contribution in [3.8, 4) is 39.7 Å². The van der Waals surface area contributed by atoms with Gasteiger partial charge in [0, 0.05) is 63.6 Å². The molecule has 4 fully saturated rings. The molecule has 4 saturated carbocycles. The monoisotopic (exact) mass is 751 g/mol. The van der Waals surface area contributed by atoms with Crippen LogP contribution in [0.2, 0.25) is 5.15 Å². The molecule has 4 spiro atoms. The maximum absolute atomic E-state index is 13.1. The summed E-state index contributed by atoms with van der Waals surface area (Å²) < 4.78 is 5.67. The number of carbonyl (C=O) groups excluding carboxylic acids is 2. The number of aryl methyl sites for hydroxylation is 2. The van der Waals surface area contributed by atoms with Crippen LogP contribution in [0.4, 0.5) is 0 Å². The third kappa shape index (κ3) is 4.40. The molecule has 4 N–H and O–H groups in total. The molecule has 6 aliphatic carbocycles. The molecule has 10 nitrogen and oxygen atoms in total. The lowest BCUT2D eigenvalue weighted by atomic mass is 9.81. The molecule has 0 atom stereocenters. The van der Waals surface area contributed by atoms with Crippen molar-refractivity contribution >= 4 is 23.4 Å². The highest BCUT2D eigenvalue weighted by atomic mass is 35.5. The molecule has 2 aliphatic heterocycles. The molecule has 2 amide bonds. The van der Waals surface area contributed by atoms with Crippen molar-refractivity contribution in [3.05, 3.63) is 92.8 Å². The Balaban J connectivity index is 0.000000128. The average Bonchev–Trinajstić information content (AvgIpc) is 4.00. The van der Waals surface area contributed by atoms with Crippen LogP contribution in [0.5, 0.6) is 5.88 Å². The van der Waals surface area contributed by atoms with Crippen molar-refractivity contribution < 1.29 is 14.3 Å². The van der Waals surface area contributed by atoms with E-state index >= 15 is 0 Å². The molecule has 5 aromatic heterocycles.